The molecule has 2 heterocycles. The highest BCUT2D eigenvalue weighted by atomic mass is 35.5. The number of benzene rings is 2. The first-order valence-electron chi connectivity index (χ1n) is 8.47. The van der Waals surface area contributed by atoms with E-state index in [-0.39, 0.29) is 17.4 Å². The molecule has 0 unspecified atom stereocenters. The predicted molar refractivity (Wildman–Crippen MR) is 106 cm³/mol. The summed E-state index contributed by atoms with van der Waals surface area (Å²) in [4.78, 5) is 16.4. The molecule has 0 fully saturated rings. The Bertz CT molecular complexity index is 1160. The molecular weight excluding hydrogens is 381 g/mol. The van der Waals surface area contributed by atoms with Gasteiger partial charge in [-0.1, -0.05) is 35.9 Å². The van der Waals surface area contributed by atoms with Crippen molar-refractivity contribution in [2.45, 2.75) is 6.54 Å². The molecule has 0 aliphatic rings. The number of nitrogens with zero attached hydrogens (tertiary/aromatic N) is 4. The summed E-state index contributed by atoms with van der Waals surface area (Å²) in [5, 5.41) is 7.22. The van der Waals surface area contributed by atoms with Crippen LogP contribution >= 0.6 is 11.6 Å². The highest BCUT2D eigenvalue weighted by molar-refractivity contribution is 6.32. The Balaban J connectivity index is 1.53. The van der Waals surface area contributed by atoms with Crippen molar-refractivity contribution in [2.75, 3.05) is 5.32 Å². The topological polar surface area (TPSA) is 64.7 Å². The van der Waals surface area contributed by atoms with Crippen molar-refractivity contribution in [3.63, 3.8) is 0 Å². The van der Waals surface area contributed by atoms with Gasteiger partial charge in [-0.25, -0.2) is 9.37 Å². The third kappa shape index (κ3) is 3.52. The quantitative estimate of drug-likeness (QED) is 0.558. The van der Waals surface area contributed by atoms with Crippen LogP contribution in [0.2, 0.25) is 5.02 Å². The monoisotopic (exact) mass is 395 g/mol. The second kappa shape index (κ2) is 7.66. The van der Waals surface area contributed by atoms with E-state index >= 15 is 0 Å². The Labute approximate surface area is 164 Å². The molecule has 0 atom stereocenters. The van der Waals surface area contributed by atoms with E-state index in [4.69, 9.17) is 11.6 Å². The Morgan fingerprint density at radius 2 is 1.96 bits per heavy atom. The van der Waals surface area contributed by atoms with E-state index in [0.717, 1.165) is 0 Å². The van der Waals surface area contributed by atoms with Crippen molar-refractivity contribution in [1.29, 1.82) is 0 Å². The van der Waals surface area contributed by atoms with Crippen LogP contribution in [0.5, 0.6) is 0 Å². The van der Waals surface area contributed by atoms with Gasteiger partial charge in [-0.05, 0) is 29.8 Å². The largest absolute Gasteiger partial charge is 0.378 e. The zero-order valence-corrected chi connectivity index (χ0v) is 15.3. The molecule has 4 aromatic rings. The zero-order valence-electron chi connectivity index (χ0n) is 14.6. The zero-order chi connectivity index (χ0) is 19.5. The molecule has 8 heteroatoms. The summed E-state index contributed by atoms with van der Waals surface area (Å²) in [6.07, 6.45) is 6.27. The first kappa shape index (κ1) is 17.9. The molecular formula is C20H15ClFN5O. The molecule has 0 bridgehead atoms. The van der Waals surface area contributed by atoms with E-state index in [0.29, 0.717) is 22.6 Å². The van der Waals surface area contributed by atoms with Crippen LogP contribution in [0.15, 0.2) is 78.2 Å². The summed E-state index contributed by atoms with van der Waals surface area (Å²) in [5.41, 5.74) is 1.69. The lowest BCUT2D eigenvalue weighted by Crippen LogP contribution is -2.22. The fourth-order valence-electron chi connectivity index (χ4n) is 2.78. The molecule has 2 aromatic carbocycles. The summed E-state index contributed by atoms with van der Waals surface area (Å²) in [5.74, 6) is -0.374. The average molecular weight is 396 g/mol. The van der Waals surface area contributed by atoms with Crippen molar-refractivity contribution in [3.05, 3.63) is 100 Å². The van der Waals surface area contributed by atoms with Gasteiger partial charge in [0.25, 0.3) is 5.56 Å². The lowest BCUT2D eigenvalue weighted by molar-refractivity contribution is 0.616. The van der Waals surface area contributed by atoms with Gasteiger partial charge >= 0.3 is 0 Å². The smallest absolute Gasteiger partial charge is 0.292 e. The Hall–Kier alpha value is -3.45. The summed E-state index contributed by atoms with van der Waals surface area (Å²) in [6.45, 7) is 0.289. The normalized spacial score (nSPS) is 10.8. The van der Waals surface area contributed by atoms with Crippen LogP contribution in [0.1, 0.15) is 5.56 Å². The highest BCUT2D eigenvalue weighted by Crippen LogP contribution is 2.19. The van der Waals surface area contributed by atoms with Crippen molar-refractivity contribution < 1.29 is 4.39 Å². The van der Waals surface area contributed by atoms with Crippen LogP contribution in [-0.4, -0.2) is 19.3 Å². The second-order valence-electron chi connectivity index (χ2n) is 6.03. The molecule has 4 rings (SSSR count). The number of anilines is 1. The minimum Gasteiger partial charge on any atom is -0.378 e. The molecule has 0 aliphatic carbocycles. The van der Waals surface area contributed by atoms with Gasteiger partial charge in [0, 0.05) is 18.9 Å². The summed E-state index contributed by atoms with van der Waals surface area (Å²) in [7, 11) is 0. The van der Waals surface area contributed by atoms with Crippen LogP contribution in [0, 0.1) is 5.82 Å². The van der Waals surface area contributed by atoms with Crippen LogP contribution in [0.25, 0.3) is 11.4 Å². The number of aromatic nitrogens is 4. The summed E-state index contributed by atoms with van der Waals surface area (Å²) in [6, 6.07) is 13.9. The minimum absolute atomic E-state index is 0.0226. The molecule has 0 saturated carbocycles. The first-order valence-corrected chi connectivity index (χ1v) is 8.85. The Kier molecular flexibility index (Phi) is 4.90. The van der Waals surface area contributed by atoms with E-state index in [1.807, 2.05) is 18.2 Å². The van der Waals surface area contributed by atoms with Crippen molar-refractivity contribution in [1.82, 2.24) is 19.3 Å². The lowest BCUT2D eigenvalue weighted by Gasteiger charge is -2.11. The van der Waals surface area contributed by atoms with Crippen LogP contribution in [0.3, 0.4) is 0 Å². The van der Waals surface area contributed by atoms with E-state index in [1.54, 1.807) is 41.2 Å². The van der Waals surface area contributed by atoms with Crippen LogP contribution in [0.4, 0.5) is 10.1 Å². The molecule has 1 N–H and O–H groups in total. The summed E-state index contributed by atoms with van der Waals surface area (Å²) < 4.78 is 17.2. The van der Waals surface area contributed by atoms with Crippen LogP contribution in [-0.2, 0) is 6.54 Å². The number of hydrogen-bond acceptors (Lipinski definition) is 4. The first-order chi connectivity index (χ1) is 13.6. The van der Waals surface area contributed by atoms with Gasteiger partial charge in [0.1, 0.15) is 10.8 Å². The van der Waals surface area contributed by atoms with Crippen LogP contribution < -0.4 is 10.9 Å². The standard InChI is InChI=1S/C20H15ClFN5O/c21-19-17(12-25-27(20(19)28)15-4-2-1-3-5-15)24-11-14-6-7-18(16(22)10-14)26-9-8-23-13-26/h1-10,12-13,24H,11H2. The predicted octanol–water partition coefficient (Wildman–Crippen LogP) is 3.82. The molecule has 140 valence electrons. The molecule has 0 saturated heterocycles. The van der Waals surface area contributed by atoms with Crippen molar-refractivity contribution >= 4 is 17.3 Å². The van der Waals surface area contributed by atoms with E-state index < -0.39 is 5.56 Å². The number of nitrogens with one attached hydrogen (secondary N) is 1. The van der Waals surface area contributed by atoms with Gasteiger partial charge in [-0.2, -0.15) is 9.78 Å². The van der Waals surface area contributed by atoms with Gasteiger partial charge in [0.15, 0.2) is 0 Å². The maximum absolute atomic E-state index is 14.4. The number of rotatable bonds is 5. The van der Waals surface area contributed by atoms with Crippen molar-refractivity contribution in [3.8, 4) is 11.4 Å². The van der Waals surface area contributed by atoms with Gasteiger partial charge < -0.3 is 9.88 Å². The average Bonchev–Trinajstić information content (AvgIpc) is 3.24. The van der Waals surface area contributed by atoms with Gasteiger partial charge in [0.05, 0.1) is 29.6 Å². The molecule has 0 radical (unpaired) electrons. The minimum atomic E-state index is -0.431. The number of para-hydroxylation sites is 1. The highest BCUT2D eigenvalue weighted by Gasteiger charge is 2.11. The van der Waals surface area contributed by atoms with Gasteiger partial charge in [0.2, 0.25) is 0 Å². The fourth-order valence-corrected chi connectivity index (χ4v) is 2.97. The number of hydrogen-bond donors (Lipinski definition) is 1. The maximum Gasteiger partial charge on any atom is 0.292 e. The maximum atomic E-state index is 14.4. The van der Waals surface area contributed by atoms with E-state index in [2.05, 4.69) is 15.4 Å². The third-order valence-corrected chi connectivity index (χ3v) is 4.56. The molecule has 0 aliphatic heterocycles. The van der Waals surface area contributed by atoms with Gasteiger partial charge in [-0.15, -0.1) is 0 Å². The van der Waals surface area contributed by atoms with E-state index in [9.17, 15) is 9.18 Å². The molecule has 28 heavy (non-hydrogen) atoms. The van der Waals surface area contributed by atoms with E-state index in [1.165, 1.54) is 23.3 Å². The lowest BCUT2D eigenvalue weighted by atomic mass is 10.2. The fraction of sp³-hybridized carbons (Fsp3) is 0.0500. The van der Waals surface area contributed by atoms with Gasteiger partial charge in [-0.3, -0.25) is 4.79 Å². The second-order valence-corrected chi connectivity index (χ2v) is 6.41. The third-order valence-electron chi connectivity index (χ3n) is 4.20. The Morgan fingerprint density at radius 1 is 1.14 bits per heavy atom. The number of halogens is 2. The molecule has 2 aromatic heterocycles. The summed E-state index contributed by atoms with van der Waals surface area (Å²) >= 11 is 6.22. The molecule has 0 amide bonds. The van der Waals surface area contributed by atoms with Crippen molar-refractivity contribution in [2.24, 2.45) is 0 Å². The number of imidazole rings is 1. The molecule has 0 spiro atoms. The SMILES string of the molecule is O=c1c(Cl)c(NCc2ccc(-n3ccnc3)c(F)c2)cnn1-c1ccccc1. The Morgan fingerprint density at radius 3 is 2.68 bits per heavy atom. The molecule has 6 nitrogen and oxygen atoms in total.